The minimum Gasteiger partial charge on any atom is -0.493 e. The molecule has 0 aliphatic heterocycles. The lowest BCUT2D eigenvalue weighted by Gasteiger charge is -2.15. The van der Waals surface area contributed by atoms with Gasteiger partial charge in [-0.25, -0.2) is 4.98 Å². The first-order valence-electron chi connectivity index (χ1n) is 11.8. The predicted molar refractivity (Wildman–Crippen MR) is 144 cm³/mol. The first-order chi connectivity index (χ1) is 17.9. The van der Waals surface area contributed by atoms with Crippen molar-refractivity contribution >= 4 is 28.4 Å². The molecule has 0 aliphatic rings. The summed E-state index contributed by atoms with van der Waals surface area (Å²) < 4.78 is 16.4. The topological polar surface area (TPSA) is 98.8 Å². The summed E-state index contributed by atoms with van der Waals surface area (Å²) in [4.78, 5) is 30.7. The maximum absolute atomic E-state index is 13.6. The number of hydrogen-bond donors (Lipinski definition) is 2. The molecule has 0 atom stereocenters. The Kier molecular flexibility index (Phi) is 7.57. The van der Waals surface area contributed by atoms with Crippen LogP contribution in [-0.4, -0.2) is 44.7 Å². The van der Waals surface area contributed by atoms with E-state index in [0.29, 0.717) is 62.8 Å². The number of hydrogen-bond acceptors (Lipinski definition) is 6. The van der Waals surface area contributed by atoms with E-state index in [1.54, 1.807) is 51.7 Å². The van der Waals surface area contributed by atoms with Crippen molar-refractivity contribution in [2.24, 2.45) is 0 Å². The van der Waals surface area contributed by atoms with Crippen molar-refractivity contribution in [2.45, 2.75) is 13.8 Å². The fourth-order valence-corrected chi connectivity index (χ4v) is 4.09. The van der Waals surface area contributed by atoms with Crippen LogP contribution in [-0.2, 0) is 0 Å². The van der Waals surface area contributed by atoms with Crippen molar-refractivity contribution in [3.05, 3.63) is 77.4 Å². The van der Waals surface area contributed by atoms with Gasteiger partial charge in [0.2, 0.25) is 5.75 Å². The molecular formula is C29H29N3O5. The van der Waals surface area contributed by atoms with Gasteiger partial charge in [-0.1, -0.05) is 24.3 Å². The van der Waals surface area contributed by atoms with Crippen LogP contribution in [0.2, 0.25) is 0 Å². The van der Waals surface area contributed by atoms with Crippen molar-refractivity contribution in [2.75, 3.05) is 33.2 Å². The van der Waals surface area contributed by atoms with Crippen molar-refractivity contribution in [3.8, 4) is 28.5 Å². The number of pyridine rings is 1. The van der Waals surface area contributed by atoms with Gasteiger partial charge in [-0.05, 0) is 55.8 Å². The van der Waals surface area contributed by atoms with Crippen LogP contribution in [0.25, 0.3) is 22.2 Å². The summed E-state index contributed by atoms with van der Waals surface area (Å²) in [5.41, 5.74) is 4.23. The predicted octanol–water partition coefficient (Wildman–Crippen LogP) is 5.24. The minimum atomic E-state index is -0.316. The van der Waals surface area contributed by atoms with E-state index in [-0.39, 0.29) is 11.8 Å². The minimum absolute atomic E-state index is 0.197. The Morgan fingerprint density at radius 1 is 0.865 bits per heavy atom. The van der Waals surface area contributed by atoms with E-state index in [1.165, 1.54) is 0 Å². The van der Waals surface area contributed by atoms with E-state index < -0.39 is 0 Å². The molecule has 0 saturated heterocycles. The second-order valence-corrected chi connectivity index (χ2v) is 8.33. The third-order valence-corrected chi connectivity index (χ3v) is 6.01. The lowest BCUT2D eigenvalue weighted by molar-refractivity contribution is 0.0954. The van der Waals surface area contributed by atoms with Crippen LogP contribution in [0, 0.1) is 6.92 Å². The fourth-order valence-electron chi connectivity index (χ4n) is 4.09. The Labute approximate surface area is 215 Å². The SMILES string of the molecule is CCNC(=O)c1ccc(C)c(NC(=O)c2cc(-c3cc(OC)c(OC)c(OC)c3)nc3ccccc23)c1. The lowest BCUT2D eigenvalue weighted by Crippen LogP contribution is -2.23. The average molecular weight is 500 g/mol. The van der Waals surface area contributed by atoms with Crippen molar-refractivity contribution < 1.29 is 23.8 Å². The highest BCUT2D eigenvalue weighted by atomic mass is 16.5. The number of ether oxygens (including phenoxy) is 3. The van der Waals surface area contributed by atoms with Crippen molar-refractivity contribution in [1.29, 1.82) is 0 Å². The Morgan fingerprint density at radius 3 is 2.22 bits per heavy atom. The van der Waals surface area contributed by atoms with Crippen molar-refractivity contribution in [1.82, 2.24) is 10.3 Å². The number of methoxy groups -OCH3 is 3. The highest BCUT2D eigenvalue weighted by molar-refractivity contribution is 6.13. The van der Waals surface area contributed by atoms with E-state index in [9.17, 15) is 9.59 Å². The molecule has 2 amide bonds. The van der Waals surface area contributed by atoms with Crippen LogP contribution in [0.15, 0.2) is 60.7 Å². The lowest BCUT2D eigenvalue weighted by atomic mass is 10.0. The molecule has 8 heteroatoms. The summed E-state index contributed by atoms with van der Waals surface area (Å²) in [5.74, 6) is 0.918. The summed E-state index contributed by atoms with van der Waals surface area (Å²) in [5, 5.41) is 6.47. The van der Waals surface area contributed by atoms with Gasteiger partial charge in [0, 0.05) is 28.7 Å². The molecule has 0 saturated carbocycles. The first kappa shape index (κ1) is 25.5. The molecule has 0 fully saturated rings. The third kappa shape index (κ3) is 5.18. The van der Waals surface area contributed by atoms with Crippen LogP contribution in [0.4, 0.5) is 5.69 Å². The summed E-state index contributed by atoms with van der Waals surface area (Å²) in [6.45, 7) is 4.25. The quantitative estimate of drug-likeness (QED) is 0.344. The standard InChI is InChI=1S/C29H29N3O5/c1-6-30-28(33)18-12-11-17(2)23(13-18)32-29(34)21-16-24(31-22-10-8-7-9-20(21)22)19-14-25(35-3)27(37-5)26(15-19)36-4/h7-16H,6H2,1-5H3,(H,30,33)(H,32,34). The van der Waals surface area contributed by atoms with Gasteiger partial charge in [0.1, 0.15) is 0 Å². The number of fused-ring (bicyclic) bond motifs is 1. The van der Waals surface area contributed by atoms with Crippen LogP contribution in [0.1, 0.15) is 33.2 Å². The highest BCUT2D eigenvalue weighted by Crippen LogP contribution is 2.41. The molecule has 3 aromatic carbocycles. The molecule has 2 N–H and O–H groups in total. The van der Waals surface area contributed by atoms with Gasteiger partial charge in [0.25, 0.3) is 11.8 Å². The molecule has 190 valence electrons. The number of aromatic nitrogens is 1. The number of aryl methyl sites for hydroxylation is 1. The molecule has 0 aliphatic carbocycles. The second kappa shape index (κ2) is 11.0. The van der Waals surface area contributed by atoms with Crippen LogP contribution >= 0.6 is 0 Å². The van der Waals surface area contributed by atoms with Crippen LogP contribution < -0.4 is 24.8 Å². The molecule has 4 rings (SSSR count). The maximum Gasteiger partial charge on any atom is 0.256 e. The van der Waals surface area contributed by atoms with Gasteiger partial charge in [-0.15, -0.1) is 0 Å². The zero-order valence-electron chi connectivity index (χ0n) is 21.5. The number of carbonyl (C=O) groups is 2. The summed E-state index contributed by atoms with van der Waals surface area (Å²) in [6.07, 6.45) is 0. The van der Waals surface area contributed by atoms with Crippen LogP contribution in [0.3, 0.4) is 0 Å². The molecule has 37 heavy (non-hydrogen) atoms. The summed E-state index contributed by atoms with van der Waals surface area (Å²) >= 11 is 0. The maximum atomic E-state index is 13.6. The zero-order chi connectivity index (χ0) is 26.5. The van der Waals surface area contributed by atoms with E-state index in [0.717, 1.165) is 5.56 Å². The normalized spacial score (nSPS) is 10.6. The highest BCUT2D eigenvalue weighted by Gasteiger charge is 2.19. The average Bonchev–Trinajstić information content (AvgIpc) is 2.92. The molecule has 8 nitrogen and oxygen atoms in total. The van der Waals surface area contributed by atoms with E-state index in [4.69, 9.17) is 19.2 Å². The summed E-state index contributed by atoms with van der Waals surface area (Å²) in [6, 6.07) is 18.0. The Morgan fingerprint density at radius 2 is 1.57 bits per heavy atom. The van der Waals surface area contributed by atoms with Gasteiger partial charge in [0.05, 0.1) is 38.1 Å². The Bertz CT molecular complexity index is 1460. The van der Waals surface area contributed by atoms with Crippen LogP contribution in [0.5, 0.6) is 17.2 Å². The number of rotatable bonds is 8. The largest absolute Gasteiger partial charge is 0.493 e. The van der Waals surface area contributed by atoms with E-state index in [1.807, 2.05) is 44.2 Å². The molecule has 0 bridgehead atoms. The number of amides is 2. The fraction of sp³-hybridized carbons (Fsp3) is 0.207. The molecule has 1 heterocycles. The Hall–Kier alpha value is -4.59. The number of nitrogens with zero attached hydrogens (tertiary/aromatic N) is 1. The number of nitrogens with one attached hydrogen (secondary N) is 2. The molecule has 1 aromatic heterocycles. The molecule has 0 unspecified atom stereocenters. The van der Waals surface area contributed by atoms with Gasteiger partial charge in [-0.3, -0.25) is 9.59 Å². The molecule has 0 spiro atoms. The molecule has 4 aromatic rings. The van der Waals surface area contributed by atoms with Gasteiger partial charge < -0.3 is 24.8 Å². The van der Waals surface area contributed by atoms with Gasteiger partial charge >= 0.3 is 0 Å². The second-order valence-electron chi connectivity index (χ2n) is 8.33. The smallest absolute Gasteiger partial charge is 0.256 e. The first-order valence-corrected chi connectivity index (χ1v) is 11.8. The summed E-state index contributed by atoms with van der Waals surface area (Å²) in [7, 11) is 4.63. The van der Waals surface area contributed by atoms with E-state index in [2.05, 4.69) is 10.6 Å². The number of benzene rings is 3. The monoisotopic (exact) mass is 499 g/mol. The molecule has 0 radical (unpaired) electrons. The zero-order valence-corrected chi connectivity index (χ0v) is 21.5. The number of para-hydroxylation sites is 1. The van der Waals surface area contributed by atoms with Gasteiger partial charge in [-0.2, -0.15) is 0 Å². The van der Waals surface area contributed by atoms with Gasteiger partial charge in [0.15, 0.2) is 11.5 Å². The van der Waals surface area contributed by atoms with Crippen molar-refractivity contribution in [3.63, 3.8) is 0 Å². The van der Waals surface area contributed by atoms with E-state index >= 15 is 0 Å². The Balaban J connectivity index is 1.80. The number of carbonyl (C=O) groups excluding carboxylic acids is 2. The number of anilines is 1. The molecular weight excluding hydrogens is 470 g/mol. The third-order valence-electron chi connectivity index (χ3n) is 6.01.